The number of nitrogens with zero attached hydrogens (tertiary/aromatic N) is 1. The molecule has 3 nitrogen and oxygen atoms in total. The molecule has 2 N–H and O–H groups in total. The Morgan fingerprint density at radius 3 is 2.45 bits per heavy atom. The molecule has 44 heavy (non-hydrogen) atoms. The molecule has 0 saturated carbocycles. The van der Waals surface area contributed by atoms with Gasteiger partial charge in [0.1, 0.15) is 5.01 Å². The number of thiazole rings is 1. The van der Waals surface area contributed by atoms with Crippen LogP contribution in [0.5, 0.6) is 0 Å². The summed E-state index contributed by atoms with van der Waals surface area (Å²) >= 11 is 2.80. The molecule has 2 heterocycles. The Bertz CT molecular complexity index is 1490. The molecule has 0 radical (unpaired) electrons. The van der Waals surface area contributed by atoms with Gasteiger partial charge in [0.15, 0.2) is 5.69 Å². The highest BCUT2D eigenvalue weighted by atomic mass is 32.1. The summed E-state index contributed by atoms with van der Waals surface area (Å²) in [5.41, 5.74) is 4.27. The van der Waals surface area contributed by atoms with Gasteiger partial charge in [0.25, 0.3) is 0 Å². The van der Waals surface area contributed by atoms with Gasteiger partial charge in [-0.1, -0.05) is 74.2 Å². The molecule has 4 rings (SSSR count). The van der Waals surface area contributed by atoms with Crippen LogP contribution in [0.4, 0.5) is 13.2 Å². The summed E-state index contributed by atoms with van der Waals surface area (Å²) in [6, 6.07) is 21.7. The van der Waals surface area contributed by atoms with Crippen molar-refractivity contribution >= 4 is 31.9 Å². The van der Waals surface area contributed by atoms with Crippen molar-refractivity contribution in [3.05, 3.63) is 122 Å². The van der Waals surface area contributed by atoms with Gasteiger partial charge in [-0.25, -0.2) is 4.98 Å². The Labute approximate surface area is 270 Å². The number of aryl methyl sites for hydroxylation is 1. The van der Waals surface area contributed by atoms with Gasteiger partial charge in [-0.3, -0.25) is 0 Å². The fraction of sp³-hybridized carbons (Fsp3) is 0.343. The first-order chi connectivity index (χ1) is 21.1. The zero-order valence-electron chi connectivity index (χ0n) is 25.5. The predicted octanol–water partition coefficient (Wildman–Crippen LogP) is 9.28. The zero-order chi connectivity index (χ0) is 32.0. The first-order valence-corrected chi connectivity index (χ1v) is 17.0. The molecule has 0 amide bonds. The number of rotatable bonds is 12. The molecule has 0 spiro atoms. The fourth-order valence-electron chi connectivity index (χ4n) is 4.37. The molecular formula is C35H41F3N3PS2. The molecule has 9 heteroatoms. The van der Waals surface area contributed by atoms with Gasteiger partial charge < -0.3 is 10.6 Å². The number of nitrogens with one attached hydrogen (secondary N) is 2. The summed E-state index contributed by atoms with van der Waals surface area (Å²) < 4.78 is 35.9. The molecule has 2 aromatic carbocycles. The summed E-state index contributed by atoms with van der Waals surface area (Å²) in [7, 11) is 4.58. The average molecular weight is 656 g/mol. The van der Waals surface area contributed by atoms with Gasteiger partial charge in [0.2, 0.25) is 0 Å². The smallest absolute Gasteiger partial charge is 0.314 e. The summed E-state index contributed by atoms with van der Waals surface area (Å²) in [5.74, 6) is 8.08. The van der Waals surface area contributed by atoms with Gasteiger partial charge in [0, 0.05) is 41.1 Å². The second-order valence-electron chi connectivity index (χ2n) is 10.7. The van der Waals surface area contributed by atoms with Gasteiger partial charge in [0.05, 0.1) is 0 Å². The first-order valence-electron chi connectivity index (χ1n) is 14.6. The van der Waals surface area contributed by atoms with Crippen molar-refractivity contribution in [1.82, 2.24) is 15.6 Å². The number of alkyl halides is 3. The van der Waals surface area contributed by atoms with E-state index in [1.165, 1.54) is 21.6 Å². The van der Waals surface area contributed by atoms with Crippen LogP contribution in [0.3, 0.4) is 0 Å². The van der Waals surface area contributed by atoms with E-state index in [0.29, 0.717) is 23.4 Å². The number of hydrogen-bond acceptors (Lipinski definition) is 5. The van der Waals surface area contributed by atoms with Gasteiger partial charge in [-0.05, 0) is 72.0 Å². The third-order valence-corrected chi connectivity index (χ3v) is 9.23. The van der Waals surface area contributed by atoms with Crippen LogP contribution in [0.25, 0.3) is 0 Å². The Kier molecular flexibility index (Phi) is 14.8. The summed E-state index contributed by atoms with van der Waals surface area (Å²) in [5, 5.41) is 9.91. The van der Waals surface area contributed by atoms with Crippen molar-refractivity contribution in [2.75, 3.05) is 7.05 Å². The van der Waals surface area contributed by atoms with Crippen molar-refractivity contribution in [3.63, 3.8) is 0 Å². The summed E-state index contributed by atoms with van der Waals surface area (Å²) in [4.78, 5) is 4.76. The quantitative estimate of drug-likeness (QED) is 0.0908. The van der Waals surface area contributed by atoms with E-state index >= 15 is 0 Å². The maximum Gasteiger partial charge on any atom is 0.434 e. The normalized spacial score (nSPS) is 12.5. The third-order valence-electron chi connectivity index (χ3n) is 6.89. The molecule has 0 fully saturated rings. The van der Waals surface area contributed by atoms with E-state index in [-0.39, 0.29) is 5.78 Å². The Morgan fingerprint density at radius 2 is 1.80 bits per heavy atom. The molecule has 0 aliphatic heterocycles. The monoisotopic (exact) mass is 655 g/mol. The maximum atomic E-state index is 12.0. The van der Waals surface area contributed by atoms with Crippen molar-refractivity contribution in [3.8, 4) is 11.8 Å². The van der Waals surface area contributed by atoms with E-state index in [2.05, 4.69) is 129 Å². The summed E-state index contributed by atoms with van der Waals surface area (Å²) in [6.07, 6.45) is 0.616. The van der Waals surface area contributed by atoms with Crippen LogP contribution in [0.1, 0.15) is 63.9 Å². The van der Waals surface area contributed by atoms with Crippen molar-refractivity contribution < 1.29 is 13.2 Å². The lowest BCUT2D eigenvalue weighted by atomic mass is 9.89. The SMILES string of the molecule is C=CC(Cc1cccc(C#CCCc2cccc(C(P)NCc3cccs3)c2)c1)C(C)C.CNCc1nc(C(F)(F)F)cs1. The molecule has 0 saturated heterocycles. The molecule has 234 valence electrons. The van der Waals surface area contributed by atoms with Gasteiger partial charge >= 0.3 is 6.18 Å². The standard InChI is InChI=1S/C29H34NPS.C6H7F3N2S/c1-4-26(22(2)3)20-25-14-7-12-23(18-25)10-5-6-11-24-13-8-15-27(19-24)29(31)30-21-28-16-9-17-32-28;1-10-2-5-11-4(3-12-5)6(7,8)9/h4,7-9,12-19,22,26,29-30H,1,6,11,20-21,31H2,2-3H3;3,10H,2H2,1H3. The Hall–Kier alpha value is -2.79. The van der Waals surface area contributed by atoms with Crippen LogP contribution in [0.15, 0.2) is 84.1 Å². The lowest BCUT2D eigenvalue weighted by Gasteiger charge is -2.16. The minimum Gasteiger partial charge on any atom is -0.314 e. The molecule has 0 bridgehead atoms. The van der Waals surface area contributed by atoms with Crippen molar-refractivity contribution in [1.29, 1.82) is 0 Å². The predicted molar refractivity (Wildman–Crippen MR) is 184 cm³/mol. The molecule has 0 aliphatic carbocycles. The van der Waals surface area contributed by atoms with Crippen LogP contribution in [0.2, 0.25) is 0 Å². The van der Waals surface area contributed by atoms with Crippen LogP contribution in [-0.2, 0) is 32.1 Å². The molecular weight excluding hydrogens is 615 g/mol. The van der Waals surface area contributed by atoms with Crippen molar-refractivity contribution in [2.45, 2.75) is 58.2 Å². The lowest BCUT2D eigenvalue weighted by molar-refractivity contribution is -0.140. The molecule has 2 aromatic heterocycles. The highest BCUT2D eigenvalue weighted by Crippen LogP contribution is 2.30. The Morgan fingerprint density at radius 1 is 1.02 bits per heavy atom. The highest BCUT2D eigenvalue weighted by molar-refractivity contribution is 7.17. The van der Waals surface area contributed by atoms with E-state index in [4.69, 9.17) is 0 Å². The highest BCUT2D eigenvalue weighted by Gasteiger charge is 2.33. The second-order valence-corrected chi connectivity index (χ2v) is 13.3. The second kappa shape index (κ2) is 18.2. The molecule has 3 atom stereocenters. The largest absolute Gasteiger partial charge is 0.434 e. The van der Waals surface area contributed by atoms with E-state index in [9.17, 15) is 13.2 Å². The van der Waals surface area contributed by atoms with E-state index < -0.39 is 11.9 Å². The minimum atomic E-state index is -4.32. The first kappa shape index (κ1) is 35.7. The number of halogens is 3. The van der Waals surface area contributed by atoms with Crippen molar-refractivity contribution in [2.24, 2.45) is 11.8 Å². The van der Waals surface area contributed by atoms with Crippen LogP contribution < -0.4 is 10.6 Å². The summed E-state index contributed by atoms with van der Waals surface area (Å²) in [6.45, 7) is 9.77. The third kappa shape index (κ3) is 12.3. The lowest BCUT2D eigenvalue weighted by Crippen LogP contribution is -2.15. The number of aromatic nitrogens is 1. The molecule has 4 aromatic rings. The van der Waals surface area contributed by atoms with E-state index in [1.54, 1.807) is 18.4 Å². The number of benzene rings is 2. The number of thiophene rings is 1. The molecule has 0 aliphatic rings. The van der Waals surface area contributed by atoms with E-state index in [1.807, 2.05) is 0 Å². The van der Waals surface area contributed by atoms with Crippen LogP contribution >= 0.6 is 31.9 Å². The van der Waals surface area contributed by atoms with Gasteiger partial charge in [-0.15, -0.1) is 38.5 Å². The topological polar surface area (TPSA) is 37.0 Å². The van der Waals surface area contributed by atoms with Crippen LogP contribution in [-0.4, -0.2) is 12.0 Å². The van der Waals surface area contributed by atoms with Crippen LogP contribution in [0, 0.1) is 23.7 Å². The number of allylic oxidation sites excluding steroid dienone is 1. The minimum absolute atomic E-state index is 0.246. The fourth-order valence-corrected chi connectivity index (χ4v) is 6.16. The zero-order valence-corrected chi connectivity index (χ0v) is 28.2. The van der Waals surface area contributed by atoms with Gasteiger partial charge in [-0.2, -0.15) is 13.2 Å². The average Bonchev–Trinajstić information content (AvgIpc) is 3.70. The van der Waals surface area contributed by atoms with E-state index in [0.717, 1.165) is 48.1 Å². The maximum absolute atomic E-state index is 12.0. The molecule has 3 unspecified atom stereocenters. The number of hydrogen-bond donors (Lipinski definition) is 2. The Balaban J connectivity index is 0.000000369.